The van der Waals surface area contributed by atoms with Gasteiger partial charge in [-0.1, -0.05) is 6.92 Å². The second-order valence-corrected chi connectivity index (χ2v) is 5.56. The van der Waals surface area contributed by atoms with Crippen molar-refractivity contribution in [3.05, 3.63) is 50.3 Å². The van der Waals surface area contributed by atoms with Crippen molar-refractivity contribution in [3.63, 3.8) is 0 Å². The third kappa shape index (κ3) is 2.96. The first kappa shape index (κ1) is 14.5. The quantitative estimate of drug-likeness (QED) is 0.632. The van der Waals surface area contributed by atoms with E-state index in [1.54, 1.807) is 23.5 Å². The van der Waals surface area contributed by atoms with Gasteiger partial charge in [0, 0.05) is 29.8 Å². The zero-order valence-electron chi connectivity index (χ0n) is 11.7. The fraction of sp³-hybridized carbons (Fsp3) is 0.357. The number of rotatable bonds is 4. The van der Waals surface area contributed by atoms with Crippen LogP contribution >= 0.6 is 11.3 Å². The molecule has 106 valence electrons. The van der Waals surface area contributed by atoms with Gasteiger partial charge in [-0.05, 0) is 31.9 Å². The SMILES string of the molecule is CCC(C)n1ccsc1=Nc1ccc([N+](=O)[O-])cc1C. The molecule has 1 atom stereocenters. The Hall–Kier alpha value is -1.95. The van der Waals surface area contributed by atoms with E-state index in [0.29, 0.717) is 6.04 Å². The molecule has 20 heavy (non-hydrogen) atoms. The lowest BCUT2D eigenvalue weighted by Gasteiger charge is -2.10. The molecule has 0 radical (unpaired) electrons. The van der Waals surface area contributed by atoms with E-state index >= 15 is 0 Å². The fourth-order valence-electron chi connectivity index (χ4n) is 1.88. The summed E-state index contributed by atoms with van der Waals surface area (Å²) >= 11 is 1.57. The number of hydrogen-bond donors (Lipinski definition) is 0. The highest BCUT2D eigenvalue weighted by molar-refractivity contribution is 7.07. The Labute approximate surface area is 121 Å². The summed E-state index contributed by atoms with van der Waals surface area (Å²) in [6.07, 6.45) is 3.06. The Morgan fingerprint density at radius 1 is 1.50 bits per heavy atom. The van der Waals surface area contributed by atoms with Crippen molar-refractivity contribution in [2.24, 2.45) is 4.99 Å². The number of thiazole rings is 1. The molecular formula is C14H17N3O2S. The smallest absolute Gasteiger partial charge is 0.269 e. The third-order valence-electron chi connectivity index (χ3n) is 3.29. The zero-order valence-corrected chi connectivity index (χ0v) is 12.6. The summed E-state index contributed by atoms with van der Waals surface area (Å²) in [6.45, 7) is 6.12. The Morgan fingerprint density at radius 2 is 2.25 bits per heavy atom. The van der Waals surface area contributed by atoms with Gasteiger partial charge in [-0.3, -0.25) is 10.1 Å². The van der Waals surface area contributed by atoms with Crippen LogP contribution in [0.3, 0.4) is 0 Å². The van der Waals surface area contributed by atoms with Crippen LogP contribution < -0.4 is 4.80 Å². The summed E-state index contributed by atoms with van der Waals surface area (Å²) in [4.78, 5) is 15.9. The predicted octanol–water partition coefficient (Wildman–Crippen LogP) is 3.97. The lowest BCUT2D eigenvalue weighted by atomic mass is 10.2. The van der Waals surface area contributed by atoms with Gasteiger partial charge < -0.3 is 4.57 Å². The standard InChI is InChI=1S/C14H17N3O2S/c1-4-11(3)16-7-8-20-14(16)15-13-6-5-12(17(18)19)9-10(13)2/h5-9,11H,4H2,1-3H3. The van der Waals surface area contributed by atoms with E-state index in [0.717, 1.165) is 22.5 Å². The minimum Gasteiger partial charge on any atom is -0.321 e. The average Bonchev–Trinajstić information content (AvgIpc) is 2.88. The van der Waals surface area contributed by atoms with Crippen LogP contribution in [-0.4, -0.2) is 9.49 Å². The Balaban J connectivity index is 2.46. The number of hydrogen-bond acceptors (Lipinski definition) is 4. The number of non-ortho nitro benzene ring substituents is 1. The monoisotopic (exact) mass is 291 g/mol. The minimum atomic E-state index is -0.388. The van der Waals surface area contributed by atoms with Gasteiger partial charge in [0.25, 0.3) is 5.69 Å². The molecule has 0 bridgehead atoms. The second-order valence-electron chi connectivity index (χ2n) is 4.69. The lowest BCUT2D eigenvalue weighted by molar-refractivity contribution is -0.384. The van der Waals surface area contributed by atoms with Crippen LogP contribution in [0.15, 0.2) is 34.8 Å². The fourth-order valence-corrected chi connectivity index (χ4v) is 2.71. The zero-order chi connectivity index (χ0) is 14.7. The molecule has 0 amide bonds. The number of aryl methyl sites for hydroxylation is 1. The van der Waals surface area contributed by atoms with E-state index in [9.17, 15) is 10.1 Å². The van der Waals surface area contributed by atoms with Crippen molar-refractivity contribution in [2.75, 3.05) is 0 Å². The summed E-state index contributed by atoms with van der Waals surface area (Å²) in [6, 6.07) is 5.14. The van der Waals surface area contributed by atoms with E-state index in [-0.39, 0.29) is 10.6 Å². The number of nitro groups is 1. The number of aromatic nitrogens is 1. The molecular weight excluding hydrogens is 274 g/mol. The molecule has 1 aromatic heterocycles. The first-order chi connectivity index (χ1) is 9.52. The van der Waals surface area contributed by atoms with Gasteiger partial charge in [-0.25, -0.2) is 4.99 Å². The Bertz CT molecular complexity index is 688. The van der Waals surface area contributed by atoms with Gasteiger partial charge in [0.1, 0.15) is 0 Å². The van der Waals surface area contributed by atoms with Gasteiger partial charge in [0.15, 0.2) is 4.80 Å². The molecule has 0 spiro atoms. The molecule has 6 heteroatoms. The molecule has 0 aliphatic carbocycles. The first-order valence-corrected chi connectivity index (χ1v) is 7.36. The molecule has 2 rings (SSSR count). The lowest BCUT2D eigenvalue weighted by Crippen LogP contribution is -2.17. The highest BCUT2D eigenvalue weighted by Crippen LogP contribution is 2.23. The van der Waals surface area contributed by atoms with Crippen molar-refractivity contribution in [3.8, 4) is 0 Å². The second kappa shape index (κ2) is 6.00. The van der Waals surface area contributed by atoms with Gasteiger partial charge in [0.2, 0.25) is 0 Å². The van der Waals surface area contributed by atoms with E-state index in [1.807, 2.05) is 18.5 Å². The van der Waals surface area contributed by atoms with Gasteiger partial charge >= 0.3 is 0 Å². The molecule has 1 unspecified atom stereocenters. The predicted molar refractivity (Wildman–Crippen MR) is 80.4 cm³/mol. The van der Waals surface area contributed by atoms with Crippen molar-refractivity contribution in [1.82, 2.24) is 4.57 Å². The summed E-state index contributed by atoms with van der Waals surface area (Å²) in [7, 11) is 0. The molecule has 0 aliphatic rings. The van der Waals surface area contributed by atoms with Crippen LogP contribution in [0.4, 0.5) is 11.4 Å². The molecule has 2 aromatic rings. The minimum absolute atomic E-state index is 0.0995. The molecule has 0 saturated carbocycles. The van der Waals surface area contributed by atoms with E-state index in [2.05, 4.69) is 23.4 Å². The highest BCUT2D eigenvalue weighted by atomic mass is 32.1. The third-order valence-corrected chi connectivity index (χ3v) is 4.06. The summed E-state index contributed by atoms with van der Waals surface area (Å²) in [5.74, 6) is 0. The van der Waals surface area contributed by atoms with Crippen LogP contribution in [0.25, 0.3) is 0 Å². The van der Waals surface area contributed by atoms with E-state index in [1.165, 1.54) is 6.07 Å². The number of nitro benzene ring substituents is 1. The maximum Gasteiger partial charge on any atom is 0.269 e. The van der Waals surface area contributed by atoms with Crippen molar-refractivity contribution in [2.45, 2.75) is 33.2 Å². The van der Waals surface area contributed by atoms with Gasteiger partial charge in [-0.2, -0.15) is 0 Å². The maximum absolute atomic E-state index is 10.7. The normalized spacial score (nSPS) is 13.4. The molecule has 0 N–H and O–H groups in total. The Kier molecular flexibility index (Phi) is 4.34. The average molecular weight is 291 g/mol. The van der Waals surface area contributed by atoms with Crippen LogP contribution in [-0.2, 0) is 0 Å². The van der Waals surface area contributed by atoms with Gasteiger partial charge in [-0.15, -0.1) is 11.3 Å². The topological polar surface area (TPSA) is 60.4 Å². The number of benzene rings is 1. The van der Waals surface area contributed by atoms with Crippen LogP contribution in [0, 0.1) is 17.0 Å². The van der Waals surface area contributed by atoms with Crippen molar-refractivity contribution < 1.29 is 4.92 Å². The molecule has 0 aliphatic heterocycles. The first-order valence-electron chi connectivity index (χ1n) is 6.48. The molecule has 0 saturated heterocycles. The summed E-state index contributed by atoms with van der Waals surface area (Å²) < 4.78 is 2.13. The van der Waals surface area contributed by atoms with Crippen molar-refractivity contribution in [1.29, 1.82) is 0 Å². The molecule has 1 heterocycles. The summed E-state index contributed by atoms with van der Waals surface area (Å²) in [5, 5.41) is 12.7. The van der Waals surface area contributed by atoms with Crippen LogP contribution in [0.5, 0.6) is 0 Å². The van der Waals surface area contributed by atoms with Crippen molar-refractivity contribution >= 4 is 22.7 Å². The van der Waals surface area contributed by atoms with Crippen LogP contribution in [0.2, 0.25) is 0 Å². The largest absolute Gasteiger partial charge is 0.321 e. The van der Waals surface area contributed by atoms with E-state index < -0.39 is 0 Å². The highest BCUT2D eigenvalue weighted by Gasteiger charge is 2.08. The maximum atomic E-state index is 10.7. The number of nitrogens with zero attached hydrogens (tertiary/aromatic N) is 3. The van der Waals surface area contributed by atoms with Gasteiger partial charge in [0.05, 0.1) is 10.6 Å². The Morgan fingerprint density at radius 3 is 2.85 bits per heavy atom. The van der Waals surface area contributed by atoms with Crippen LogP contribution in [0.1, 0.15) is 31.9 Å². The molecule has 0 fully saturated rings. The molecule has 5 nitrogen and oxygen atoms in total. The molecule has 1 aromatic carbocycles. The van der Waals surface area contributed by atoms with E-state index in [4.69, 9.17) is 0 Å². The summed E-state index contributed by atoms with van der Waals surface area (Å²) in [5.41, 5.74) is 1.68.